The van der Waals surface area contributed by atoms with Gasteiger partial charge < -0.3 is 14.7 Å². The molecule has 2 aliphatic rings. The maximum absolute atomic E-state index is 12.5. The molecule has 1 amide bonds. The highest BCUT2D eigenvalue weighted by molar-refractivity contribution is 7.99. The number of amides is 1. The number of thioether (sulfide) groups is 1. The number of likely N-dealkylation sites (tertiary alicyclic amines) is 1. The molecule has 0 aromatic heterocycles. The first kappa shape index (κ1) is 14.3. The molecule has 21 heavy (non-hydrogen) atoms. The van der Waals surface area contributed by atoms with Gasteiger partial charge in [0.15, 0.2) is 6.10 Å². The van der Waals surface area contributed by atoms with Crippen LogP contribution in [0.4, 0.5) is 0 Å². The van der Waals surface area contributed by atoms with Gasteiger partial charge in [0.25, 0.3) is 5.91 Å². The molecule has 2 aliphatic heterocycles. The topological polar surface area (TPSA) is 66.8 Å². The fourth-order valence-corrected chi connectivity index (χ4v) is 3.70. The molecule has 1 N–H and O–H groups in total. The van der Waals surface area contributed by atoms with Crippen molar-refractivity contribution in [2.24, 2.45) is 5.92 Å². The van der Waals surface area contributed by atoms with Crippen LogP contribution in [0, 0.1) is 5.92 Å². The Morgan fingerprint density at radius 3 is 2.95 bits per heavy atom. The van der Waals surface area contributed by atoms with E-state index in [1.807, 2.05) is 24.3 Å². The van der Waals surface area contributed by atoms with Crippen LogP contribution in [0.15, 0.2) is 29.2 Å². The van der Waals surface area contributed by atoms with Gasteiger partial charge in [-0.3, -0.25) is 9.59 Å². The third-order valence-electron chi connectivity index (χ3n) is 3.87. The third-order valence-corrected chi connectivity index (χ3v) is 4.98. The minimum Gasteiger partial charge on any atom is -0.481 e. The largest absolute Gasteiger partial charge is 0.481 e. The maximum Gasteiger partial charge on any atom is 0.308 e. The first-order valence-electron chi connectivity index (χ1n) is 7.05. The van der Waals surface area contributed by atoms with Gasteiger partial charge in [-0.2, -0.15) is 0 Å². The van der Waals surface area contributed by atoms with Crippen molar-refractivity contribution >= 4 is 23.6 Å². The molecule has 6 heteroatoms. The Bertz CT molecular complexity index is 562. The van der Waals surface area contributed by atoms with Gasteiger partial charge in [-0.05, 0) is 25.0 Å². The van der Waals surface area contributed by atoms with Crippen LogP contribution in [0.3, 0.4) is 0 Å². The number of benzene rings is 1. The molecule has 0 radical (unpaired) electrons. The highest BCUT2D eigenvalue weighted by Crippen LogP contribution is 2.35. The number of hydrogen-bond acceptors (Lipinski definition) is 4. The van der Waals surface area contributed by atoms with E-state index in [0.717, 1.165) is 17.1 Å². The molecule has 1 aromatic rings. The number of carboxylic acid groups (broad SMARTS) is 1. The van der Waals surface area contributed by atoms with Gasteiger partial charge >= 0.3 is 5.97 Å². The van der Waals surface area contributed by atoms with Crippen LogP contribution in [0.1, 0.15) is 12.8 Å². The third kappa shape index (κ3) is 3.00. The molecule has 0 saturated carbocycles. The second-order valence-corrected chi connectivity index (χ2v) is 6.39. The lowest BCUT2D eigenvalue weighted by Crippen LogP contribution is -2.49. The minimum absolute atomic E-state index is 0.0945. The fraction of sp³-hybridized carbons (Fsp3) is 0.467. The molecule has 3 rings (SSSR count). The lowest BCUT2D eigenvalue weighted by Gasteiger charge is -2.34. The zero-order valence-electron chi connectivity index (χ0n) is 11.5. The van der Waals surface area contributed by atoms with Crippen molar-refractivity contribution < 1.29 is 19.4 Å². The van der Waals surface area contributed by atoms with E-state index in [-0.39, 0.29) is 5.91 Å². The summed E-state index contributed by atoms with van der Waals surface area (Å²) in [7, 11) is 0. The molecule has 2 heterocycles. The number of ether oxygens (including phenoxy) is 1. The van der Waals surface area contributed by atoms with Crippen LogP contribution in [0.25, 0.3) is 0 Å². The summed E-state index contributed by atoms with van der Waals surface area (Å²) in [6.07, 6.45) is 0.860. The Morgan fingerprint density at radius 2 is 2.14 bits per heavy atom. The van der Waals surface area contributed by atoms with Crippen molar-refractivity contribution in [3.63, 3.8) is 0 Å². The maximum atomic E-state index is 12.5. The van der Waals surface area contributed by atoms with Gasteiger partial charge in [-0.25, -0.2) is 0 Å². The molecular formula is C15H17NO4S. The van der Waals surface area contributed by atoms with Crippen LogP contribution >= 0.6 is 11.8 Å². The van der Waals surface area contributed by atoms with E-state index < -0.39 is 18.0 Å². The Hall–Kier alpha value is -1.69. The number of nitrogens with zero attached hydrogens (tertiary/aromatic N) is 1. The summed E-state index contributed by atoms with van der Waals surface area (Å²) in [5, 5.41) is 9.10. The summed E-state index contributed by atoms with van der Waals surface area (Å²) in [6, 6.07) is 7.66. The van der Waals surface area contributed by atoms with Gasteiger partial charge in [0, 0.05) is 23.7 Å². The monoisotopic (exact) mass is 307 g/mol. The average Bonchev–Trinajstić information content (AvgIpc) is 2.53. The summed E-state index contributed by atoms with van der Waals surface area (Å²) in [5.41, 5.74) is 0. The molecule has 5 nitrogen and oxygen atoms in total. The molecule has 1 saturated heterocycles. The number of carbonyl (C=O) groups excluding carboxylic acids is 1. The van der Waals surface area contributed by atoms with Crippen LogP contribution < -0.4 is 4.74 Å². The quantitative estimate of drug-likeness (QED) is 0.903. The Labute approximate surface area is 127 Å². The van der Waals surface area contributed by atoms with Crippen LogP contribution in [0.5, 0.6) is 5.75 Å². The van der Waals surface area contributed by atoms with Gasteiger partial charge in [-0.15, -0.1) is 11.8 Å². The normalized spacial score (nSPS) is 24.9. The lowest BCUT2D eigenvalue weighted by atomic mass is 9.98. The fourth-order valence-electron chi connectivity index (χ4n) is 2.72. The number of carboxylic acids is 1. The highest BCUT2D eigenvalue weighted by Gasteiger charge is 2.34. The summed E-state index contributed by atoms with van der Waals surface area (Å²) in [6.45, 7) is 0.912. The molecule has 1 fully saturated rings. The van der Waals surface area contributed by atoms with E-state index in [9.17, 15) is 9.59 Å². The second kappa shape index (κ2) is 5.97. The molecule has 0 spiro atoms. The zero-order chi connectivity index (χ0) is 14.8. The van der Waals surface area contributed by atoms with Crippen molar-refractivity contribution in [2.45, 2.75) is 23.8 Å². The molecule has 0 aliphatic carbocycles. The van der Waals surface area contributed by atoms with E-state index in [1.54, 1.807) is 16.7 Å². The molecule has 112 valence electrons. The number of hydrogen-bond donors (Lipinski definition) is 1. The number of fused-ring (bicyclic) bond motifs is 1. The predicted octanol–water partition coefficient (Wildman–Crippen LogP) is 1.86. The van der Waals surface area contributed by atoms with E-state index in [1.165, 1.54) is 0 Å². The SMILES string of the molecule is O=C(O)[C@H]1CCCN(C(=O)[C@@H]2CSc3ccccc3O2)C1. The number of carbonyl (C=O) groups is 2. The standard InChI is InChI=1S/C15H17NO4S/c17-14(16-7-3-4-10(8-16)15(18)19)12-9-21-13-6-2-1-5-11(13)20-12/h1-2,5-6,10,12H,3-4,7-9H2,(H,18,19)/t10-,12-/m0/s1. The van der Waals surface area contributed by atoms with E-state index in [0.29, 0.717) is 25.3 Å². The lowest BCUT2D eigenvalue weighted by molar-refractivity contribution is -0.147. The number of aliphatic carboxylic acids is 1. The van der Waals surface area contributed by atoms with Gasteiger partial charge in [0.05, 0.1) is 5.92 Å². The van der Waals surface area contributed by atoms with Crippen molar-refractivity contribution in [3.8, 4) is 5.75 Å². The Morgan fingerprint density at radius 1 is 1.33 bits per heavy atom. The molecule has 1 aromatic carbocycles. The number of rotatable bonds is 2. The van der Waals surface area contributed by atoms with Crippen molar-refractivity contribution in [1.29, 1.82) is 0 Å². The van der Waals surface area contributed by atoms with Crippen molar-refractivity contribution in [2.75, 3.05) is 18.8 Å². The first-order valence-corrected chi connectivity index (χ1v) is 8.04. The second-order valence-electron chi connectivity index (χ2n) is 5.33. The molecule has 0 bridgehead atoms. The van der Waals surface area contributed by atoms with Crippen LogP contribution in [-0.4, -0.2) is 46.8 Å². The summed E-state index contributed by atoms with van der Waals surface area (Å²) in [5.74, 6) is -0.0609. The van der Waals surface area contributed by atoms with E-state index >= 15 is 0 Å². The van der Waals surface area contributed by atoms with Gasteiger partial charge in [-0.1, -0.05) is 12.1 Å². The van der Waals surface area contributed by atoms with Crippen molar-refractivity contribution in [1.82, 2.24) is 4.90 Å². The summed E-state index contributed by atoms with van der Waals surface area (Å²) >= 11 is 1.61. The smallest absolute Gasteiger partial charge is 0.308 e. The molecular weight excluding hydrogens is 290 g/mol. The average molecular weight is 307 g/mol. The summed E-state index contributed by atoms with van der Waals surface area (Å²) < 4.78 is 5.78. The molecule has 2 atom stereocenters. The molecule has 0 unspecified atom stereocenters. The zero-order valence-corrected chi connectivity index (χ0v) is 12.3. The Balaban J connectivity index is 1.67. The number of para-hydroxylation sites is 1. The van der Waals surface area contributed by atoms with Gasteiger partial charge in [0.2, 0.25) is 0 Å². The van der Waals surface area contributed by atoms with E-state index in [2.05, 4.69) is 0 Å². The highest BCUT2D eigenvalue weighted by atomic mass is 32.2. The van der Waals surface area contributed by atoms with E-state index in [4.69, 9.17) is 9.84 Å². The van der Waals surface area contributed by atoms with Gasteiger partial charge in [0.1, 0.15) is 5.75 Å². The predicted molar refractivity (Wildman–Crippen MR) is 78.5 cm³/mol. The summed E-state index contributed by atoms with van der Waals surface area (Å²) in [4.78, 5) is 26.3. The van der Waals surface area contributed by atoms with Crippen LogP contribution in [-0.2, 0) is 9.59 Å². The minimum atomic E-state index is -0.822. The first-order chi connectivity index (χ1) is 10.1. The number of piperidine rings is 1. The van der Waals surface area contributed by atoms with Crippen molar-refractivity contribution in [3.05, 3.63) is 24.3 Å². The Kier molecular flexibility index (Phi) is 4.05. The van der Waals surface area contributed by atoms with Crippen LogP contribution in [0.2, 0.25) is 0 Å².